The number of halogens is 2. The van der Waals surface area contributed by atoms with Gasteiger partial charge < -0.3 is 5.11 Å². The Morgan fingerprint density at radius 2 is 2.29 bits per heavy atom. The molecule has 2 rings (SSSR count). The Labute approximate surface area is 86.0 Å². The molecule has 1 aromatic rings. The lowest BCUT2D eigenvalue weighted by Crippen LogP contribution is -2.11. The molecule has 0 spiro atoms. The summed E-state index contributed by atoms with van der Waals surface area (Å²) in [5.74, 6) is -0.377. The lowest BCUT2D eigenvalue weighted by Gasteiger charge is -2.09. The molecule has 2 nitrogen and oxygen atoms in total. The molecule has 0 aromatic heterocycles. The van der Waals surface area contributed by atoms with E-state index in [0.29, 0.717) is 22.6 Å². The molecule has 0 amide bonds. The van der Waals surface area contributed by atoms with Gasteiger partial charge in [0.25, 0.3) is 0 Å². The van der Waals surface area contributed by atoms with E-state index in [1.54, 1.807) is 0 Å². The Bertz CT molecular complexity index is 394. The summed E-state index contributed by atoms with van der Waals surface area (Å²) in [7, 11) is 0. The van der Waals surface area contributed by atoms with E-state index in [1.807, 2.05) is 0 Å². The van der Waals surface area contributed by atoms with Crippen molar-refractivity contribution in [1.82, 2.24) is 0 Å². The summed E-state index contributed by atoms with van der Waals surface area (Å²) in [6, 6.07) is 2.20. The van der Waals surface area contributed by atoms with Gasteiger partial charge >= 0.3 is 0 Å². The summed E-state index contributed by atoms with van der Waals surface area (Å²) in [5.41, 5.74) is 1.04. The van der Waals surface area contributed by atoms with Crippen molar-refractivity contribution in [3.8, 4) is 0 Å². The fraction of sp³-hybridized carbons (Fsp3) is 0.300. The summed E-state index contributed by atoms with van der Waals surface area (Å²) >= 11 is 5.89. The maximum atomic E-state index is 13.4. The normalized spacial score (nSPS) is 24.8. The van der Waals surface area contributed by atoms with Gasteiger partial charge in [0.1, 0.15) is 11.9 Å². The Hall–Kier alpha value is -0.930. The van der Waals surface area contributed by atoms with Gasteiger partial charge in [0.2, 0.25) is 0 Å². The third kappa shape index (κ3) is 1.24. The molecule has 0 radical (unpaired) electrons. The minimum atomic E-state index is -0.711. The molecule has 0 unspecified atom stereocenters. The molecular formula is C10H9ClFNO. The standard InChI is InChI=1S/C10H9ClFNO/c1-13-10-8(14)4-5-6(11)2-3-7(12)9(5)10/h2-3,8,10,14H,1,4H2/t8-,10+/m1/s1. The topological polar surface area (TPSA) is 32.6 Å². The van der Waals surface area contributed by atoms with E-state index >= 15 is 0 Å². The molecule has 14 heavy (non-hydrogen) atoms. The molecule has 0 aliphatic heterocycles. The maximum absolute atomic E-state index is 13.4. The molecule has 0 saturated carbocycles. The molecule has 1 aliphatic rings. The summed E-state index contributed by atoms with van der Waals surface area (Å²) in [4.78, 5) is 3.71. The van der Waals surface area contributed by atoms with Gasteiger partial charge in [0.05, 0.1) is 6.10 Å². The van der Waals surface area contributed by atoms with Crippen LogP contribution in [-0.2, 0) is 6.42 Å². The first kappa shape index (κ1) is 9.62. The van der Waals surface area contributed by atoms with Crippen LogP contribution in [0.3, 0.4) is 0 Å². The Balaban J connectivity index is 2.62. The smallest absolute Gasteiger partial charge is 0.129 e. The number of hydrogen-bond acceptors (Lipinski definition) is 2. The number of aliphatic imine (C=N–C) groups is 1. The van der Waals surface area contributed by atoms with Gasteiger partial charge in [-0.2, -0.15) is 0 Å². The summed E-state index contributed by atoms with van der Waals surface area (Å²) < 4.78 is 13.4. The largest absolute Gasteiger partial charge is 0.390 e. The molecule has 1 N–H and O–H groups in total. The van der Waals surface area contributed by atoms with Crippen molar-refractivity contribution in [2.75, 3.05) is 0 Å². The zero-order valence-corrected chi connectivity index (χ0v) is 8.13. The lowest BCUT2D eigenvalue weighted by molar-refractivity contribution is 0.159. The molecule has 1 aliphatic carbocycles. The van der Waals surface area contributed by atoms with Gasteiger partial charge in [-0.25, -0.2) is 4.39 Å². The molecule has 1 aromatic carbocycles. The maximum Gasteiger partial charge on any atom is 0.129 e. The van der Waals surface area contributed by atoms with Crippen LogP contribution < -0.4 is 0 Å². The van der Waals surface area contributed by atoms with Gasteiger partial charge in [-0.05, 0) is 24.4 Å². The van der Waals surface area contributed by atoms with Crippen LogP contribution in [0, 0.1) is 5.82 Å². The quantitative estimate of drug-likeness (QED) is 0.713. The minimum Gasteiger partial charge on any atom is -0.390 e. The molecule has 0 heterocycles. The van der Waals surface area contributed by atoms with E-state index in [1.165, 1.54) is 12.1 Å². The molecular weight excluding hydrogens is 205 g/mol. The first-order valence-corrected chi connectivity index (χ1v) is 4.63. The van der Waals surface area contributed by atoms with Crippen LogP contribution in [0.5, 0.6) is 0 Å². The fourth-order valence-corrected chi connectivity index (χ4v) is 2.10. The first-order chi connectivity index (χ1) is 6.65. The third-order valence-corrected chi connectivity index (χ3v) is 2.87. The second kappa shape index (κ2) is 3.33. The highest BCUT2D eigenvalue weighted by Crippen LogP contribution is 2.39. The fourth-order valence-electron chi connectivity index (χ4n) is 1.86. The summed E-state index contributed by atoms with van der Waals surface area (Å²) in [6.45, 7) is 3.34. The van der Waals surface area contributed by atoms with E-state index in [2.05, 4.69) is 11.7 Å². The van der Waals surface area contributed by atoms with E-state index in [-0.39, 0.29) is 5.82 Å². The zero-order chi connectivity index (χ0) is 10.3. The van der Waals surface area contributed by atoms with Crippen molar-refractivity contribution in [1.29, 1.82) is 0 Å². The molecule has 0 fully saturated rings. The van der Waals surface area contributed by atoms with Crippen LogP contribution in [0.25, 0.3) is 0 Å². The van der Waals surface area contributed by atoms with Gasteiger partial charge in [0, 0.05) is 17.0 Å². The van der Waals surface area contributed by atoms with Crippen LogP contribution in [0.1, 0.15) is 17.2 Å². The number of rotatable bonds is 1. The number of nitrogens with zero attached hydrogens (tertiary/aromatic N) is 1. The van der Waals surface area contributed by atoms with Crippen LogP contribution in [0.4, 0.5) is 4.39 Å². The SMILES string of the molecule is C=N[C@@H]1c2c(F)ccc(Cl)c2C[C@H]1O. The average molecular weight is 214 g/mol. The highest BCUT2D eigenvalue weighted by atomic mass is 35.5. The summed E-state index contributed by atoms with van der Waals surface area (Å²) in [5, 5.41) is 10.1. The lowest BCUT2D eigenvalue weighted by atomic mass is 10.1. The highest BCUT2D eigenvalue weighted by Gasteiger charge is 2.34. The van der Waals surface area contributed by atoms with E-state index < -0.39 is 12.1 Å². The molecule has 4 heteroatoms. The van der Waals surface area contributed by atoms with E-state index in [4.69, 9.17) is 11.6 Å². The predicted octanol–water partition coefficient (Wildman–Crippen LogP) is 2.14. The van der Waals surface area contributed by atoms with Crippen molar-refractivity contribution < 1.29 is 9.50 Å². The molecule has 0 bridgehead atoms. The number of aliphatic hydroxyl groups excluding tert-OH is 1. The van der Waals surface area contributed by atoms with Gasteiger partial charge in [-0.3, -0.25) is 4.99 Å². The molecule has 74 valence electrons. The third-order valence-electron chi connectivity index (χ3n) is 2.52. The van der Waals surface area contributed by atoms with Gasteiger partial charge in [-0.1, -0.05) is 11.6 Å². The van der Waals surface area contributed by atoms with Crippen molar-refractivity contribution in [3.05, 3.63) is 34.1 Å². The van der Waals surface area contributed by atoms with Crippen molar-refractivity contribution >= 4 is 18.3 Å². The monoisotopic (exact) mass is 213 g/mol. The number of fused-ring (bicyclic) bond motifs is 1. The average Bonchev–Trinajstić information content (AvgIpc) is 2.50. The second-order valence-electron chi connectivity index (χ2n) is 3.32. The van der Waals surface area contributed by atoms with E-state index in [9.17, 15) is 9.50 Å². The van der Waals surface area contributed by atoms with Gasteiger partial charge in [-0.15, -0.1) is 0 Å². The van der Waals surface area contributed by atoms with E-state index in [0.717, 1.165) is 0 Å². The Morgan fingerprint density at radius 3 is 2.93 bits per heavy atom. The predicted molar refractivity (Wildman–Crippen MR) is 53.4 cm³/mol. The minimum absolute atomic E-state index is 0.343. The van der Waals surface area contributed by atoms with Crippen LogP contribution in [0.2, 0.25) is 5.02 Å². The van der Waals surface area contributed by atoms with Crippen molar-refractivity contribution in [3.63, 3.8) is 0 Å². The number of benzene rings is 1. The molecule has 2 atom stereocenters. The van der Waals surface area contributed by atoms with Crippen molar-refractivity contribution in [2.45, 2.75) is 18.6 Å². The Morgan fingerprint density at radius 1 is 1.57 bits per heavy atom. The zero-order valence-electron chi connectivity index (χ0n) is 7.37. The van der Waals surface area contributed by atoms with Crippen molar-refractivity contribution in [2.24, 2.45) is 4.99 Å². The highest BCUT2D eigenvalue weighted by molar-refractivity contribution is 6.31. The number of aliphatic hydroxyl groups is 1. The van der Waals surface area contributed by atoms with Crippen LogP contribution in [0.15, 0.2) is 17.1 Å². The summed E-state index contributed by atoms with van der Waals surface area (Å²) in [6.07, 6.45) is -0.368. The number of hydrogen-bond donors (Lipinski definition) is 1. The van der Waals surface area contributed by atoms with Crippen LogP contribution >= 0.6 is 11.6 Å². The second-order valence-corrected chi connectivity index (χ2v) is 3.73. The van der Waals surface area contributed by atoms with Gasteiger partial charge in [0.15, 0.2) is 0 Å². The Kier molecular flexibility index (Phi) is 2.29. The molecule has 0 saturated heterocycles. The van der Waals surface area contributed by atoms with Crippen LogP contribution in [-0.4, -0.2) is 17.9 Å². The first-order valence-electron chi connectivity index (χ1n) is 4.26.